The van der Waals surface area contributed by atoms with Gasteiger partial charge in [-0.1, -0.05) is 212 Å². The third kappa shape index (κ3) is 7.29. The second-order valence-corrected chi connectivity index (χ2v) is 16.0. The molecule has 11 aromatic rings. The second-order valence-electron chi connectivity index (χ2n) is 16.0. The van der Waals surface area contributed by atoms with Crippen molar-refractivity contribution in [3.63, 3.8) is 0 Å². The molecule has 3 heteroatoms. The Bertz CT molecular complexity index is 3290. The molecule has 304 valence electrons. The Morgan fingerprint density at radius 3 is 1.19 bits per heavy atom. The minimum absolute atomic E-state index is 0.248. The van der Waals surface area contributed by atoms with Crippen LogP contribution < -0.4 is 4.90 Å². The summed E-state index contributed by atoms with van der Waals surface area (Å²) in [5.74, 6) is 0.248. The zero-order chi connectivity index (χ0) is 43.4. The van der Waals surface area contributed by atoms with Crippen LogP contribution in [0.15, 0.2) is 237 Å². The summed E-state index contributed by atoms with van der Waals surface area (Å²) in [5.41, 5.74) is 14.2. The molecule has 0 amide bonds. The van der Waals surface area contributed by atoms with Gasteiger partial charge < -0.3 is 0 Å². The summed E-state index contributed by atoms with van der Waals surface area (Å²) in [6.45, 7) is 2.16. The maximum absolute atomic E-state index is 9.83. The summed E-state index contributed by atoms with van der Waals surface area (Å²) in [7, 11) is 0. The van der Waals surface area contributed by atoms with Gasteiger partial charge in [0.05, 0.1) is 6.34 Å². The van der Waals surface area contributed by atoms with Crippen LogP contribution in [0, 0.1) is 17.7 Å². The third-order valence-electron chi connectivity index (χ3n) is 12.3. The van der Waals surface area contributed by atoms with Gasteiger partial charge in [0.2, 0.25) is 0 Å². The van der Waals surface area contributed by atoms with Crippen molar-refractivity contribution in [2.75, 3.05) is 4.90 Å². The van der Waals surface area contributed by atoms with Crippen LogP contribution in [0.1, 0.15) is 11.1 Å². The molecule has 0 aliphatic carbocycles. The molecule has 0 spiro atoms. The molecular weight excluding hydrogens is 775 g/mol. The van der Waals surface area contributed by atoms with Crippen LogP contribution in [0.3, 0.4) is 0 Å². The highest BCUT2D eigenvalue weighted by Crippen LogP contribution is 2.49. The first-order chi connectivity index (χ1) is 31.6. The number of anilines is 1. The number of hydrogen-bond donors (Lipinski definition) is 2. The zero-order valence-electron chi connectivity index (χ0n) is 35.5. The Morgan fingerprint density at radius 2 is 0.719 bits per heavy atom. The minimum atomic E-state index is 0.248. The SMILES string of the molecule is Cc1ccccc1-c1cc(C(=N)N(C=N)c2ccccc2)c2ccc3c(-c4ccccc4-c4ccccc4)cc(-c4ccccc4-c4ccccc4)c4ccc1c2c34.c1ccccc1. The van der Waals surface area contributed by atoms with Gasteiger partial charge in [-0.15, -0.1) is 0 Å². The van der Waals surface area contributed by atoms with Crippen LogP contribution in [0.5, 0.6) is 0 Å². The predicted molar refractivity (Wildman–Crippen MR) is 273 cm³/mol. The van der Waals surface area contributed by atoms with Gasteiger partial charge in [-0.05, 0) is 125 Å². The molecule has 0 saturated heterocycles. The quantitative estimate of drug-likeness (QED) is 0.0895. The van der Waals surface area contributed by atoms with E-state index in [1.54, 1.807) is 4.90 Å². The lowest BCUT2D eigenvalue weighted by atomic mass is 9.80. The summed E-state index contributed by atoms with van der Waals surface area (Å²) in [6.07, 6.45) is 1.25. The molecule has 0 bridgehead atoms. The Balaban J connectivity index is 0.000000748. The van der Waals surface area contributed by atoms with E-state index in [1.807, 2.05) is 66.7 Å². The Kier molecular flexibility index (Phi) is 10.9. The number of rotatable bonds is 8. The highest BCUT2D eigenvalue weighted by atomic mass is 15.2. The Labute approximate surface area is 374 Å². The second kappa shape index (κ2) is 17.5. The fourth-order valence-corrected chi connectivity index (χ4v) is 9.28. The first-order valence-electron chi connectivity index (χ1n) is 21.7. The number of nitrogens with zero attached hydrogens (tertiary/aromatic N) is 1. The van der Waals surface area contributed by atoms with E-state index < -0.39 is 0 Å². The van der Waals surface area contributed by atoms with E-state index >= 15 is 0 Å². The van der Waals surface area contributed by atoms with Crippen molar-refractivity contribution < 1.29 is 0 Å². The van der Waals surface area contributed by atoms with E-state index in [2.05, 4.69) is 177 Å². The molecule has 0 radical (unpaired) electrons. The average Bonchev–Trinajstić information content (AvgIpc) is 3.37. The normalized spacial score (nSPS) is 11.0. The van der Waals surface area contributed by atoms with E-state index in [0.717, 1.165) is 77.1 Å². The van der Waals surface area contributed by atoms with Crippen molar-refractivity contribution >= 4 is 50.2 Å². The average molecular weight is 820 g/mol. The van der Waals surface area contributed by atoms with Gasteiger partial charge in [-0.3, -0.25) is 15.7 Å². The molecule has 0 saturated carbocycles. The first-order valence-corrected chi connectivity index (χ1v) is 21.7. The molecular formula is C61H45N3. The number of benzene rings is 11. The number of aryl methyl sites for hydroxylation is 1. The van der Waals surface area contributed by atoms with Gasteiger partial charge in [0.25, 0.3) is 0 Å². The van der Waals surface area contributed by atoms with Crippen molar-refractivity contribution in [1.29, 1.82) is 10.8 Å². The van der Waals surface area contributed by atoms with E-state index in [1.165, 1.54) is 34.0 Å². The predicted octanol–water partition coefficient (Wildman–Crippen LogP) is 16.4. The van der Waals surface area contributed by atoms with Gasteiger partial charge in [0.1, 0.15) is 5.84 Å². The third-order valence-corrected chi connectivity index (χ3v) is 12.3. The molecule has 0 aliphatic heterocycles. The molecule has 11 aromatic carbocycles. The number of amidine groups is 1. The van der Waals surface area contributed by atoms with Crippen LogP contribution >= 0.6 is 0 Å². The van der Waals surface area contributed by atoms with Crippen LogP contribution in [0.2, 0.25) is 0 Å². The molecule has 2 N–H and O–H groups in total. The highest BCUT2D eigenvalue weighted by Gasteiger charge is 2.25. The van der Waals surface area contributed by atoms with Crippen molar-refractivity contribution in [3.05, 3.63) is 248 Å². The number of hydrogen-bond acceptors (Lipinski definition) is 2. The zero-order valence-corrected chi connectivity index (χ0v) is 35.5. The number of para-hydroxylation sites is 1. The summed E-state index contributed by atoms with van der Waals surface area (Å²) < 4.78 is 0. The molecule has 0 unspecified atom stereocenters. The molecule has 0 heterocycles. The summed E-state index contributed by atoms with van der Waals surface area (Å²) in [4.78, 5) is 1.66. The van der Waals surface area contributed by atoms with Crippen molar-refractivity contribution in [1.82, 2.24) is 0 Å². The van der Waals surface area contributed by atoms with Crippen LogP contribution in [-0.2, 0) is 0 Å². The first kappa shape index (κ1) is 39.7. The molecule has 0 atom stereocenters. The highest BCUT2D eigenvalue weighted by molar-refractivity contribution is 6.34. The van der Waals surface area contributed by atoms with Crippen molar-refractivity contribution in [2.24, 2.45) is 0 Å². The van der Waals surface area contributed by atoms with Crippen molar-refractivity contribution in [2.45, 2.75) is 6.92 Å². The van der Waals surface area contributed by atoms with Gasteiger partial charge in [0.15, 0.2) is 0 Å². The van der Waals surface area contributed by atoms with E-state index in [4.69, 9.17) is 5.41 Å². The molecule has 11 rings (SSSR count). The van der Waals surface area contributed by atoms with Gasteiger partial charge in [-0.25, -0.2) is 0 Å². The van der Waals surface area contributed by atoms with Crippen molar-refractivity contribution in [3.8, 4) is 55.6 Å². The Hall–Kier alpha value is -8.40. The van der Waals surface area contributed by atoms with Crippen LogP contribution in [-0.4, -0.2) is 12.2 Å². The molecule has 0 aliphatic rings. The largest absolute Gasteiger partial charge is 0.291 e. The van der Waals surface area contributed by atoms with E-state index in [9.17, 15) is 5.41 Å². The lowest BCUT2D eigenvalue weighted by Gasteiger charge is -2.25. The van der Waals surface area contributed by atoms with Crippen LogP contribution in [0.4, 0.5) is 5.69 Å². The fourth-order valence-electron chi connectivity index (χ4n) is 9.28. The minimum Gasteiger partial charge on any atom is -0.291 e. The smallest absolute Gasteiger partial charge is 0.138 e. The Morgan fingerprint density at radius 1 is 0.359 bits per heavy atom. The number of nitrogens with one attached hydrogen (secondary N) is 2. The maximum Gasteiger partial charge on any atom is 0.138 e. The van der Waals surface area contributed by atoms with Crippen LogP contribution in [0.25, 0.3) is 88.0 Å². The lowest BCUT2D eigenvalue weighted by molar-refractivity contribution is 1.33. The lowest BCUT2D eigenvalue weighted by Crippen LogP contribution is -2.29. The molecule has 3 nitrogen and oxygen atoms in total. The van der Waals surface area contributed by atoms with E-state index in [-0.39, 0.29) is 5.84 Å². The maximum atomic E-state index is 9.83. The summed E-state index contributed by atoms with van der Waals surface area (Å²) in [5, 5.41) is 25.1. The molecule has 64 heavy (non-hydrogen) atoms. The van der Waals surface area contributed by atoms with Gasteiger partial charge in [0, 0.05) is 11.3 Å². The van der Waals surface area contributed by atoms with Gasteiger partial charge >= 0.3 is 0 Å². The summed E-state index contributed by atoms with van der Waals surface area (Å²) >= 11 is 0. The topological polar surface area (TPSA) is 50.9 Å². The fraction of sp³-hybridized carbons (Fsp3) is 0.0164. The standard InChI is InChI=1S/C55H39N3.C6H6/c1-36-17-11-12-24-40(36)49-34-52(55(57)58(35-56)39-22-9-4-10-23-39)48-32-31-47-51(44-28-16-14-26-42(44)38-20-7-3-8-21-38)33-50(46-30-29-45(49)54(48)53(46)47)43-27-15-13-25-41(43)37-18-5-2-6-19-37;1-2-4-6-5-3-1/h2-35,56-57H,1H3;1-6H. The molecule has 0 fully saturated rings. The molecule has 0 aromatic heterocycles. The van der Waals surface area contributed by atoms with Gasteiger partial charge in [-0.2, -0.15) is 0 Å². The van der Waals surface area contributed by atoms with E-state index in [0.29, 0.717) is 0 Å². The summed E-state index contributed by atoms with van der Waals surface area (Å²) in [6, 6.07) is 82.7. The monoisotopic (exact) mass is 819 g/mol.